The van der Waals surface area contributed by atoms with Gasteiger partial charge in [-0.05, 0) is 87.0 Å². The number of pyridine rings is 1. The minimum absolute atomic E-state index is 0.233. The summed E-state index contributed by atoms with van der Waals surface area (Å²) in [6.07, 6.45) is 9.65. The molecule has 0 atom stereocenters. The van der Waals surface area contributed by atoms with Crippen LogP contribution in [0.1, 0.15) is 31.5 Å². The van der Waals surface area contributed by atoms with Crippen molar-refractivity contribution in [3.63, 3.8) is 0 Å². The standard InChI is InChI=1S/C25H27FN6/c1-27-13-17-8-10-25(11-9-17)12-22-30-23(18-2-5-20(26)6-3-18)24(31(22)15-25)19-4-7-21-28-16-29-32(21)14-19/h2-7,14,16-17,27H,8-13,15H2,1H3. The number of imidazole rings is 1. The number of benzene rings is 1. The molecule has 3 aromatic heterocycles. The highest BCUT2D eigenvalue weighted by Gasteiger charge is 2.43. The van der Waals surface area contributed by atoms with Gasteiger partial charge < -0.3 is 9.88 Å². The average molecular weight is 431 g/mol. The van der Waals surface area contributed by atoms with Gasteiger partial charge in [-0.2, -0.15) is 5.10 Å². The Morgan fingerprint density at radius 3 is 2.66 bits per heavy atom. The fraction of sp³-hybridized carbons (Fsp3) is 0.400. The number of halogens is 1. The lowest BCUT2D eigenvalue weighted by Crippen LogP contribution is -2.32. The van der Waals surface area contributed by atoms with Crippen LogP contribution in [0.15, 0.2) is 48.9 Å². The van der Waals surface area contributed by atoms with Crippen LogP contribution in [0.5, 0.6) is 0 Å². The third kappa shape index (κ3) is 3.23. The van der Waals surface area contributed by atoms with E-state index >= 15 is 0 Å². The third-order valence-corrected chi connectivity index (χ3v) is 7.40. The molecular formula is C25H27FN6. The van der Waals surface area contributed by atoms with Crippen molar-refractivity contribution in [2.75, 3.05) is 13.6 Å². The molecule has 6 nitrogen and oxygen atoms in total. The summed E-state index contributed by atoms with van der Waals surface area (Å²) in [5.41, 5.74) is 5.13. The summed E-state index contributed by atoms with van der Waals surface area (Å²) in [4.78, 5) is 9.40. The van der Waals surface area contributed by atoms with Crippen LogP contribution in [-0.2, 0) is 13.0 Å². The first-order valence-electron chi connectivity index (χ1n) is 11.4. The summed E-state index contributed by atoms with van der Waals surface area (Å²) >= 11 is 0. The van der Waals surface area contributed by atoms with Crippen molar-refractivity contribution >= 4 is 5.65 Å². The van der Waals surface area contributed by atoms with E-state index in [9.17, 15) is 4.39 Å². The van der Waals surface area contributed by atoms with Crippen molar-refractivity contribution in [1.82, 2.24) is 29.5 Å². The van der Waals surface area contributed by atoms with E-state index in [1.54, 1.807) is 10.8 Å². The Morgan fingerprint density at radius 1 is 1.09 bits per heavy atom. The van der Waals surface area contributed by atoms with Gasteiger partial charge in [0.15, 0.2) is 5.65 Å². The lowest BCUT2D eigenvalue weighted by molar-refractivity contribution is 0.147. The molecule has 1 aromatic carbocycles. The predicted molar refractivity (Wildman–Crippen MR) is 122 cm³/mol. The monoisotopic (exact) mass is 430 g/mol. The molecule has 32 heavy (non-hydrogen) atoms. The van der Waals surface area contributed by atoms with Crippen LogP contribution < -0.4 is 5.32 Å². The van der Waals surface area contributed by atoms with Crippen LogP contribution in [0.3, 0.4) is 0 Å². The smallest absolute Gasteiger partial charge is 0.155 e. The summed E-state index contributed by atoms with van der Waals surface area (Å²) in [5.74, 6) is 1.69. The molecule has 0 saturated heterocycles. The molecule has 6 rings (SSSR count). The Morgan fingerprint density at radius 2 is 1.88 bits per heavy atom. The quantitative estimate of drug-likeness (QED) is 0.523. The Labute approximate surface area is 186 Å². The first kappa shape index (κ1) is 19.6. The number of nitrogens with one attached hydrogen (secondary N) is 1. The Bertz CT molecular complexity index is 1260. The third-order valence-electron chi connectivity index (χ3n) is 7.40. The molecule has 164 valence electrons. The minimum Gasteiger partial charge on any atom is -0.327 e. The molecule has 4 aromatic rings. The minimum atomic E-state index is -0.233. The molecule has 4 heterocycles. The highest BCUT2D eigenvalue weighted by Crippen LogP contribution is 2.49. The maximum atomic E-state index is 13.6. The second-order valence-corrected chi connectivity index (χ2v) is 9.48. The summed E-state index contributed by atoms with van der Waals surface area (Å²) in [5, 5.41) is 7.67. The van der Waals surface area contributed by atoms with E-state index in [-0.39, 0.29) is 5.82 Å². The second kappa shape index (κ2) is 7.52. The van der Waals surface area contributed by atoms with Crippen molar-refractivity contribution in [1.29, 1.82) is 0 Å². The molecular weight excluding hydrogens is 403 g/mol. The van der Waals surface area contributed by atoms with E-state index in [2.05, 4.69) is 26.0 Å². The largest absolute Gasteiger partial charge is 0.327 e. The van der Waals surface area contributed by atoms with Crippen LogP contribution in [0, 0.1) is 17.2 Å². The van der Waals surface area contributed by atoms with Crippen LogP contribution >= 0.6 is 0 Å². The number of rotatable bonds is 4. The maximum absolute atomic E-state index is 13.6. The van der Waals surface area contributed by atoms with E-state index in [1.165, 1.54) is 37.8 Å². The number of hydrogen-bond acceptors (Lipinski definition) is 4. The van der Waals surface area contributed by atoms with Gasteiger partial charge in [-0.1, -0.05) is 0 Å². The molecule has 1 spiro atoms. The van der Waals surface area contributed by atoms with Gasteiger partial charge in [0.1, 0.15) is 18.0 Å². The van der Waals surface area contributed by atoms with Gasteiger partial charge in [0.25, 0.3) is 0 Å². The molecule has 1 saturated carbocycles. The SMILES string of the molecule is CNCC1CCC2(CC1)Cc1nc(-c3ccc(F)cc3)c(-c3ccc4ncnn4c3)n1C2. The highest BCUT2D eigenvalue weighted by atomic mass is 19.1. The number of hydrogen-bond donors (Lipinski definition) is 1. The van der Waals surface area contributed by atoms with E-state index in [4.69, 9.17) is 4.98 Å². The molecule has 0 unspecified atom stereocenters. The van der Waals surface area contributed by atoms with Gasteiger partial charge in [-0.25, -0.2) is 18.9 Å². The zero-order valence-electron chi connectivity index (χ0n) is 18.3. The van der Waals surface area contributed by atoms with Crippen LogP contribution in [0.4, 0.5) is 4.39 Å². The van der Waals surface area contributed by atoms with Gasteiger partial charge in [-0.15, -0.1) is 0 Å². The zero-order chi connectivity index (χ0) is 21.7. The van der Waals surface area contributed by atoms with E-state index < -0.39 is 0 Å². The molecule has 0 amide bonds. The number of nitrogens with zero attached hydrogens (tertiary/aromatic N) is 5. The molecule has 0 bridgehead atoms. The van der Waals surface area contributed by atoms with Gasteiger partial charge in [0, 0.05) is 30.3 Å². The molecule has 2 aliphatic rings. The Kier molecular flexibility index (Phi) is 4.61. The molecule has 7 heteroatoms. The van der Waals surface area contributed by atoms with Gasteiger partial charge in [-0.3, -0.25) is 0 Å². The van der Waals surface area contributed by atoms with Crippen molar-refractivity contribution in [2.45, 2.75) is 38.6 Å². The Balaban J connectivity index is 1.42. The first-order chi connectivity index (χ1) is 15.6. The fourth-order valence-electron chi connectivity index (χ4n) is 5.71. The van der Waals surface area contributed by atoms with Crippen LogP contribution in [0.25, 0.3) is 28.2 Å². The summed E-state index contributed by atoms with van der Waals surface area (Å²) in [6.45, 7) is 2.10. The van der Waals surface area contributed by atoms with E-state index in [0.717, 1.165) is 59.4 Å². The average Bonchev–Trinajstić information content (AvgIpc) is 3.49. The van der Waals surface area contributed by atoms with E-state index in [1.807, 2.05) is 31.4 Å². The molecule has 1 aliphatic heterocycles. The lowest BCUT2D eigenvalue weighted by atomic mass is 9.69. The predicted octanol–water partition coefficient (Wildman–Crippen LogP) is 4.35. The molecule has 1 aliphatic carbocycles. The first-order valence-corrected chi connectivity index (χ1v) is 11.4. The van der Waals surface area contributed by atoms with Gasteiger partial charge in [0.2, 0.25) is 0 Å². The molecule has 1 N–H and O–H groups in total. The van der Waals surface area contributed by atoms with Crippen molar-refractivity contribution in [3.05, 3.63) is 60.6 Å². The summed E-state index contributed by atoms with van der Waals surface area (Å²) in [6, 6.07) is 10.7. The topological polar surface area (TPSA) is 60.0 Å². The summed E-state index contributed by atoms with van der Waals surface area (Å²) in [7, 11) is 2.05. The molecule has 1 fully saturated rings. The maximum Gasteiger partial charge on any atom is 0.155 e. The second-order valence-electron chi connectivity index (χ2n) is 9.48. The van der Waals surface area contributed by atoms with E-state index in [0.29, 0.717) is 5.41 Å². The normalized spacial score (nSPS) is 22.6. The van der Waals surface area contributed by atoms with Crippen LogP contribution in [-0.4, -0.2) is 37.7 Å². The molecule has 0 radical (unpaired) electrons. The lowest BCUT2D eigenvalue weighted by Gasteiger charge is -2.37. The summed E-state index contributed by atoms with van der Waals surface area (Å²) < 4.78 is 17.8. The van der Waals surface area contributed by atoms with Crippen molar-refractivity contribution in [2.24, 2.45) is 11.3 Å². The van der Waals surface area contributed by atoms with Crippen molar-refractivity contribution < 1.29 is 4.39 Å². The van der Waals surface area contributed by atoms with Crippen LogP contribution in [0.2, 0.25) is 0 Å². The van der Waals surface area contributed by atoms with Gasteiger partial charge >= 0.3 is 0 Å². The Hall–Kier alpha value is -3.06. The fourth-order valence-corrected chi connectivity index (χ4v) is 5.71. The number of fused-ring (bicyclic) bond motifs is 2. The van der Waals surface area contributed by atoms with Crippen molar-refractivity contribution in [3.8, 4) is 22.5 Å². The van der Waals surface area contributed by atoms with Gasteiger partial charge in [0.05, 0.1) is 11.4 Å². The highest BCUT2D eigenvalue weighted by molar-refractivity contribution is 5.79. The number of aromatic nitrogens is 5. The zero-order valence-corrected chi connectivity index (χ0v) is 18.3.